The average molecular weight is 340 g/mol. The minimum absolute atomic E-state index is 0.154. The molecule has 0 radical (unpaired) electrons. The number of benzene rings is 1. The highest BCUT2D eigenvalue weighted by atomic mass is 16.5. The van der Waals surface area contributed by atoms with E-state index in [9.17, 15) is 9.59 Å². The first-order chi connectivity index (χ1) is 12.1. The molecular formula is C17H16N4O4. The number of nitrogens with one attached hydrogen (secondary N) is 1. The van der Waals surface area contributed by atoms with Crippen LogP contribution in [-0.4, -0.2) is 29.9 Å². The Morgan fingerprint density at radius 2 is 2.12 bits per heavy atom. The van der Waals surface area contributed by atoms with Crippen LogP contribution in [0, 0.1) is 0 Å². The van der Waals surface area contributed by atoms with Gasteiger partial charge in [0.05, 0.1) is 19.9 Å². The molecule has 25 heavy (non-hydrogen) atoms. The Balaban J connectivity index is 1.91. The predicted octanol–water partition coefficient (Wildman–Crippen LogP) is 2.07. The molecule has 8 nitrogen and oxygen atoms in total. The van der Waals surface area contributed by atoms with E-state index in [1.165, 1.54) is 13.3 Å². The number of carbonyl (C=O) groups is 2. The van der Waals surface area contributed by atoms with Gasteiger partial charge in [-0.15, -0.1) is 0 Å². The highest BCUT2D eigenvalue weighted by Crippen LogP contribution is 2.22. The molecule has 3 aromatic rings. The largest absolute Gasteiger partial charge is 0.463 e. The summed E-state index contributed by atoms with van der Waals surface area (Å²) in [5.74, 6) is 0.246. The Morgan fingerprint density at radius 3 is 2.88 bits per heavy atom. The lowest BCUT2D eigenvalue weighted by atomic mass is 10.2. The summed E-state index contributed by atoms with van der Waals surface area (Å²) in [4.78, 5) is 22.2. The molecule has 0 saturated carbocycles. The Morgan fingerprint density at radius 1 is 1.32 bits per heavy atom. The quantitative estimate of drug-likeness (QED) is 0.420. The van der Waals surface area contributed by atoms with Crippen LogP contribution in [0.5, 0.6) is 0 Å². The van der Waals surface area contributed by atoms with Gasteiger partial charge in [-0.3, -0.25) is 0 Å². The van der Waals surface area contributed by atoms with Crippen molar-refractivity contribution in [2.75, 3.05) is 7.11 Å². The number of para-hydroxylation sites is 1. The summed E-state index contributed by atoms with van der Waals surface area (Å²) in [5.41, 5.74) is 8.93. The Labute approximate surface area is 142 Å². The molecule has 0 unspecified atom stereocenters. The monoisotopic (exact) mass is 340 g/mol. The van der Waals surface area contributed by atoms with Gasteiger partial charge in [0.2, 0.25) is 5.76 Å². The maximum absolute atomic E-state index is 11.5. The normalized spacial score (nSPS) is 11.1. The molecule has 0 aliphatic heterocycles. The van der Waals surface area contributed by atoms with Crippen molar-refractivity contribution in [1.82, 2.24) is 9.99 Å². The number of fused-ring (bicyclic) bond motifs is 1. The van der Waals surface area contributed by atoms with Gasteiger partial charge in [-0.1, -0.05) is 18.2 Å². The lowest BCUT2D eigenvalue weighted by Crippen LogP contribution is -2.24. The maximum Gasteiger partial charge on any atom is 0.373 e. The van der Waals surface area contributed by atoms with Crippen molar-refractivity contribution >= 4 is 29.1 Å². The molecule has 2 aromatic heterocycles. The molecule has 8 heteroatoms. The van der Waals surface area contributed by atoms with E-state index in [0.29, 0.717) is 12.3 Å². The zero-order valence-electron chi connectivity index (χ0n) is 13.4. The number of rotatable bonds is 5. The number of hydrogen-bond donors (Lipinski definition) is 2. The molecule has 128 valence electrons. The van der Waals surface area contributed by atoms with Crippen LogP contribution in [0.4, 0.5) is 4.79 Å². The van der Waals surface area contributed by atoms with Crippen molar-refractivity contribution in [3.63, 3.8) is 0 Å². The van der Waals surface area contributed by atoms with Crippen LogP contribution < -0.4 is 11.2 Å². The number of primary amides is 1. The lowest BCUT2D eigenvalue weighted by molar-refractivity contribution is 0.0563. The van der Waals surface area contributed by atoms with Crippen LogP contribution in [0.25, 0.3) is 10.9 Å². The number of methoxy groups -OCH3 is 1. The predicted molar refractivity (Wildman–Crippen MR) is 91.4 cm³/mol. The summed E-state index contributed by atoms with van der Waals surface area (Å²) in [6.07, 6.45) is 3.39. The number of nitrogens with two attached hydrogens (primary N) is 1. The number of aromatic nitrogens is 1. The first-order valence-electron chi connectivity index (χ1n) is 7.42. The number of nitrogens with zero attached hydrogens (tertiary/aromatic N) is 2. The van der Waals surface area contributed by atoms with Crippen LogP contribution in [0.3, 0.4) is 0 Å². The Hall–Kier alpha value is -3.55. The number of ether oxygens (including phenoxy) is 1. The topological polar surface area (TPSA) is 112 Å². The van der Waals surface area contributed by atoms with Gasteiger partial charge >= 0.3 is 12.0 Å². The standard InChI is InChI=1S/C17H16N4O4/c1-24-16(22)15-7-6-12(25-15)10-21-9-11(8-19-20-17(18)23)13-4-2-3-5-14(13)21/h2-9H,10H2,1H3,(H3,18,20,23)/b19-8-. The third-order valence-corrected chi connectivity index (χ3v) is 3.57. The lowest BCUT2D eigenvalue weighted by Gasteiger charge is -2.02. The second kappa shape index (κ2) is 6.91. The molecule has 0 atom stereocenters. The van der Waals surface area contributed by atoms with Gasteiger partial charge in [0.15, 0.2) is 0 Å². The molecule has 0 spiro atoms. The van der Waals surface area contributed by atoms with Crippen LogP contribution in [0.1, 0.15) is 21.9 Å². The minimum atomic E-state index is -0.731. The molecule has 1 aromatic carbocycles. The van der Waals surface area contributed by atoms with Gasteiger partial charge in [0.25, 0.3) is 0 Å². The number of urea groups is 1. The van der Waals surface area contributed by atoms with E-state index in [-0.39, 0.29) is 5.76 Å². The fraction of sp³-hybridized carbons (Fsp3) is 0.118. The van der Waals surface area contributed by atoms with Crippen LogP contribution in [-0.2, 0) is 11.3 Å². The van der Waals surface area contributed by atoms with E-state index in [2.05, 4.69) is 15.3 Å². The molecule has 0 aliphatic carbocycles. The molecule has 3 N–H and O–H groups in total. The van der Waals surface area contributed by atoms with Gasteiger partial charge < -0.3 is 19.5 Å². The molecule has 0 fully saturated rings. The van der Waals surface area contributed by atoms with Crippen molar-refractivity contribution in [2.24, 2.45) is 10.8 Å². The third kappa shape index (κ3) is 3.52. The van der Waals surface area contributed by atoms with Gasteiger partial charge in [-0.2, -0.15) is 5.10 Å². The molecular weight excluding hydrogens is 324 g/mol. The van der Waals surface area contributed by atoms with Gasteiger partial charge in [-0.05, 0) is 18.2 Å². The number of carbonyl (C=O) groups excluding carboxylic acids is 2. The summed E-state index contributed by atoms with van der Waals surface area (Å²) < 4.78 is 12.1. The van der Waals surface area contributed by atoms with Crippen molar-refractivity contribution in [1.29, 1.82) is 0 Å². The first-order valence-corrected chi connectivity index (χ1v) is 7.42. The number of esters is 1. The van der Waals surface area contributed by atoms with E-state index in [1.54, 1.807) is 12.1 Å². The van der Waals surface area contributed by atoms with Crippen LogP contribution in [0.15, 0.2) is 52.1 Å². The SMILES string of the molecule is COC(=O)c1ccc(Cn2cc(/C=N\NC(N)=O)c3ccccc32)o1. The number of furan rings is 1. The summed E-state index contributed by atoms with van der Waals surface area (Å²) in [7, 11) is 1.30. The van der Waals surface area contributed by atoms with Gasteiger partial charge in [-0.25, -0.2) is 15.0 Å². The van der Waals surface area contributed by atoms with Crippen molar-refractivity contribution in [3.05, 3.63) is 59.7 Å². The van der Waals surface area contributed by atoms with E-state index in [4.69, 9.17) is 10.2 Å². The molecule has 2 amide bonds. The van der Waals surface area contributed by atoms with E-state index in [0.717, 1.165) is 16.5 Å². The highest BCUT2D eigenvalue weighted by molar-refractivity contribution is 5.99. The number of hydrogen-bond acceptors (Lipinski definition) is 5. The third-order valence-electron chi connectivity index (χ3n) is 3.57. The second-order valence-corrected chi connectivity index (χ2v) is 5.22. The molecule has 3 rings (SSSR count). The zero-order chi connectivity index (χ0) is 17.8. The second-order valence-electron chi connectivity index (χ2n) is 5.22. The first kappa shape index (κ1) is 16.3. The van der Waals surface area contributed by atoms with E-state index in [1.807, 2.05) is 35.0 Å². The smallest absolute Gasteiger partial charge is 0.373 e. The fourth-order valence-electron chi connectivity index (χ4n) is 2.52. The van der Waals surface area contributed by atoms with E-state index >= 15 is 0 Å². The Kier molecular flexibility index (Phi) is 4.51. The molecule has 2 heterocycles. The Bertz CT molecular complexity index is 955. The molecule has 0 bridgehead atoms. The highest BCUT2D eigenvalue weighted by Gasteiger charge is 2.13. The maximum atomic E-state index is 11.5. The van der Waals surface area contributed by atoms with Crippen molar-refractivity contribution in [2.45, 2.75) is 6.54 Å². The minimum Gasteiger partial charge on any atom is -0.463 e. The van der Waals surface area contributed by atoms with Crippen LogP contribution >= 0.6 is 0 Å². The summed E-state index contributed by atoms with van der Waals surface area (Å²) >= 11 is 0. The van der Waals surface area contributed by atoms with E-state index < -0.39 is 12.0 Å². The summed E-state index contributed by atoms with van der Waals surface area (Å²) in [6, 6.07) is 10.3. The number of amides is 2. The number of hydrazone groups is 1. The zero-order valence-corrected chi connectivity index (χ0v) is 13.4. The van der Waals surface area contributed by atoms with Crippen LogP contribution in [0.2, 0.25) is 0 Å². The average Bonchev–Trinajstić information content (AvgIpc) is 3.20. The van der Waals surface area contributed by atoms with Crippen molar-refractivity contribution in [3.8, 4) is 0 Å². The summed E-state index contributed by atoms with van der Waals surface area (Å²) in [5, 5.41) is 4.76. The van der Waals surface area contributed by atoms with Crippen molar-refractivity contribution < 1.29 is 18.7 Å². The van der Waals surface area contributed by atoms with Gasteiger partial charge in [0.1, 0.15) is 5.76 Å². The summed E-state index contributed by atoms with van der Waals surface area (Å²) in [6.45, 7) is 0.425. The molecule has 0 aliphatic rings. The molecule has 0 saturated heterocycles. The fourth-order valence-corrected chi connectivity index (χ4v) is 2.52. The van der Waals surface area contributed by atoms with Gasteiger partial charge in [0, 0.05) is 22.7 Å².